The fraction of sp³-hybridized carbons (Fsp3) is 0.0952. The third-order valence-corrected chi connectivity index (χ3v) is 4.26. The maximum Gasteiger partial charge on any atom is 2.00 e. The summed E-state index contributed by atoms with van der Waals surface area (Å²) in [6, 6.07) is 11.1. The molecule has 2 aromatic carbocycles. The third kappa shape index (κ3) is 6.46. The van der Waals surface area contributed by atoms with Crippen LogP contribution in [-0.4, -0.2) is 64.3 Å². The first-order valence-corrected chi connectivity index (χ1v) is 9.14. The normalized spacial score (nSPS) is 9.59. The summed E-state index contributed by atoms with van der Waals surface area (Å²) in [6.07, 6.45) is 1.39. The maximum atomic E-state index is 11.4. The molecule has 0 amide bonds. The van der Waals surface area contributed by atoms with Crippen LogP contribution in [0.25, 0.3) is 11.2 Å². The SMILES string of the molecule is Cn1c(=O)c2[nH]cnc2n(C)c1=O.O=C(O)c1ccccc1[O-].O=C(O)c1ccccc1[O-].[Mg+2]. The van der Waals surface area contributed by atoms with Crippen LogP contribution in [0.4, 0.5) is 0 Å². The second-order valence-corrected chi connectivity index (χ2v) is 6.41. The van der Waals surface area contributed by atoms with E-state index in [2.05, 4.69) is 9.97 Å². The Bertz CT molecular complexity index is 1370. The molecule has 2 aromatic heterocycles. The summed E-state index contributed by atoms with van der Waals surface area (Å²) in [7, 11) is 3.01. The van der Waals surface area contributed by atoms with Gasteiger partial charge in [0, 0.05) is 14.1 Å². The van der Waals surface area contributed by atoms with E-state index < -0.39 is 23.4 Å². The number of aryl methyl sites for hydroxylation is 1. The summed E-state index contributed by atoms with van der Waals surface area (Å²) in [5.41, 5.74) is -0.345. The van der Waals surface area contributed by atoms with Gasteiger partial charge in [-0.1, -0.05) is 47.9 Å². The number of para-hydroxylation sites is 2. The molecule has 0 aliphatic rings. The van der Waals surface area contributed by atoms with Gasteiger partial charge in [0.1, 0.15) is 5.52 Å². The van der Waals surface area contributed by atoms with Crippen molar-refractivity contribution in [2.24, 2.45) is 14.1 Å². The van der Waals surface area contributed by atoms with E-state index in [1.807, 2.05) is 0 Å². The maximum absolute atomic E-state index is 11.4. The van der Waals surface area contributed by atoms with Gasteiger partial charge in [-0.2, -0.15) is 0 Å². The number of rotatable bonds is 2. The minimum absolute atomic E-state index is 0. The van der Waals surface area contributed by atoms with Gasteiger partial charge in [0.15, 0.2) is 5.65 Å². The van der Waals surface area contributed by atoms with E-state index in [9.17, 15) is 29.4 Å². The second kappa shape index (κ2) is 12.2. The Morgan fingerprint density at radius 1 is 0.853 bits per heavy atom. The quantitative estimate of drug-likeness (QED) is 0.318. The predicted molar refractivity (Wildman–Crippen MR) is 118 cm³/mol. The summed E-state index contributed by atoms with van der Waals surface area (Å²) in [4.78, 5) is 49.8. The number of carboxylic acid groups (broad SMARTS) is 2. The number of aromatic carboxylic acids is 2. The van der Waals surface area contributed by atoms with Crippen LogP contribution in [0.1, 0.15) is 20.7 Å². The van der Waals surface area contributed by atoms with E-state index in [1.165, 1.54) is 66.5 Å². The number of carbonyl (C=O) groups is 2. The number of H-pyrrole nitrogens is 1. The fourth-order valence-corrected chi connectivity index (χ4v) is 2.56. The number of nitrogens with one attached hydrogen (secondary N) is 1. The zero-order valence-corrected chi connectivity index (χ0v) is 19.5. The summed E-state index contributed by atoms with van der Waals surface area (Å²) in [5.74, 6) is -3.25. The molecule has 13 heteroatoms. The monoisotopic (exact) mass is 478 g/mol. The Morgan fingerprint density at radius 2 is 1.29 bits per heavy atom. The van der Waals surface area contributed by atoms with Crippen molar-refractivity contribution < 1.29 is 30.0 Å². The van der Waals surface area contributed by atoms with Gasteiger partial charge < -0.3 is 25.4 Å². The van der Waals surface area contributed by atoms with Crippen molar-refractivity contribution in [1.29, 1.82) is 0 Å². The van der Waals surface area contributed by atoms with Gasteiger partial charge in [-0.05, 0) is 12.1 Å². The van der Waals surface area contributed by atoms with Gasteiger partial charge in [0.25, 0.3) is 5.56 Å². The molecule has 0 fully saturated rings. The van der Waals surface area contributed by atoms with Gasteiger partial charge in [-0.15, -0.1) is 0 Å². The van der Waals surface area contributed by atoms with Crippen molar-refractivity contribution in [2.45, 2.75) is 0 Å². The number of imidazole rings is 1. The molecule has 0 aliphatic heterocycles. The van der Waals surface area contributed by atoms with Crippen LogP contribution < -0.4 is 21.5 Å². The van der Waals surface area contributed by atoms with Crippen LogP contribution in [0.2, 0.25) is 0 Å². The molecule has 0 radical (unpaired) electrons. The molecule has 4 rings (SSSR count). The summed E-state index contributed by atoms with van der Waals surface area (Å²) in [5, 5.41) is 38.1. The smallest absolute Gasteiger partial charge is 0.872 e. The number of hydrogen-bond donors (Lipinski definition) is 3. The van der Waals surface area contributed by atoms with E-state index in [4.69, 9.17) is 10.2 Å². The molecule has 3 N–H and O–H groups in total. The Labute approximate surface area is 207 Å². The van der Waals surface area contributed by atoms with Crippen molar-refractivity contribution in [3.8, 4) is 11.5 Å². The molecule has 0 atom stereocenters. The number of benzene rings is 2. The van der Waals surface area contributed by atoms with E-state index in [0.29, 0.717) is 11.2 Å². The Balaban J connectivity index is 0.000000255. The number of fused-ring (bicyclic) bond motifs is 1. The molecule has 2 heterocycles. The Hall–Kier alpha value is -4.10. The average Bonchev–Trinajstić information content (AvgIpc) is 3.28. The fourth-order valence-electron chi connectivity index (χ4n) is 2.56. The minimum Gasteiger partial charge on any atom is -0.872 e. The Kier molecular flexibility index (Phi) is 10.0. The van der Waals surface area contributed by atoms with Crippen molar-refractivity contribution in [3.05, 3.63) is 86.8 Å². The van der Waals surface area contributed by atoms with Crippen molar-refractivity contribution in [3.63, 3.8) is 0 Å². The van der Waals surface area contributed by atoms with Gasteiger partial charge in [0.2, 0.25) is 0 Å². The zero-order chi connectivity index (χ0) is 24.7. The van der Waals surface area contributed by atoms with E-state index >= 15 is 0 Å². The number of nitrogens with zero attached hydrogens (tertiary/aromatic N) is 3. The minimum atomic E-state index is -1.18. The van der Waals surface area contributed by atoms with Crippen LogP contribution in [0, 0.1) is 0 Å². The summed E-state index contributed by atoms with van der Waals surface area (Å²) in [6.45, 7) is 0. The molecule has 12 nitrogen and oxygen atoms in total. The van der Waals surface area contributed by atoms with E-state index in [-0.39, 0.29) is 45.4 Å². The zero-order valence-electron chi connectivity index (χ0n) is 18.1. The van der Waals surface area contributed by atoms with Crippen LogP contribution in [0.5, 0.6) is 11.5 Å². The Morgan fingerprint density at radius 3 is 1.68 bits per heavy atom. The van der Waals surface area contributed by atoms with Gasteiger partial charge in [0.05, 0.1) is 17.5 Å². The molecular formula is C21H18MgN4O8. The first kappa shape index (κ1) is 27.9. The van der Waals surface area contributed by atoms with Crippen LogP contribution in [0.15, 0.2) is 64.4 Å². The first-order chi connectivity index (χ1) is 15.6. The summed E-state index contributed by atoms with van der Waals surface area (Å²) >= 11 is 0. The number of aromatic amines is 1. The van der Waals surface area contributed by atoms with E-state index in [1.54, 1.807) is 7.05 Å². The molecule has 0 bridgehead atoms. The van der Waals surface area contributed by atoms with Crippen LogP contribution >= 0.6 is 0 Å². The van der Waals surface area contributed by atoms with Gasteiger partial charge in [-0.3, -0.25) is 13.9 Å². The standard InChI is InChI=1S/C7H8N4O2.2C7H6O3.Mg/c1-10-5-4(8-3-9-5)6(12)11(2)7(10)13;2*8-6-4-2-1-3-5(6)7(9)10;/h3H,1-2H3,(H,8,9);2*1-4,8H,(H,9,10);/q;;;+2/p-2. The van der Waals surface area contributed by atoms with Crippen molar-refractivity contribution in [1.82, 2.24) is 19.1 Å². The topological polar surface area (TPSA) is 193 Å². The first-order valence-electron chi connectivity index (χ1n) is 9.14. The molecule has 0 saturated carbocycles. The molecule has 0 spiro atoms. The molecule has 0 saturated heterocycles. The van der Waals surface area contributed by atoms with Crippen LogP contribution in [-0.2, 0) is 14.1 Å². The second-order valence-electron chi connectivity index (χ2n) is 6.41. The molecule has 4 aromatic rings. The molecule has 34 heavy (non-hydrogen) atoms. The molecule has 0 unspecified atom stereocenters. The third-order valence-electron chi connectivity index (χ3n) is 4.26. The molecular weight excluding hydrogens is 461 g/mol. The number of aromatic nitrogens is 4. The van der Waals surface area contributed by atoms with Crippen molar-refractivity contribution >= 4 is 46.2 Å². The largest absolute Gasteiger partial charge is 2.00 e. The van der Waals surface area contributed by atoms with Gasteiger partial charge in [-0.25, -0.2) is 19.4 Å². The predicted octanol–water partition coefficient (Wildman–Crippen LogP) is -0.504. The average molecular weight is 479 g/mol. The van der Waals surface area contributed by atoms with Crippen molar-refractivity contribution in [2.75, 3.05) is 0 Å². The number of carboxylic acids is 2. The van der Waals surface area contributed by atoms with Crippen LogP contribution in [0.3, 0.4) is 0 Å². The van der Waals surface area contributed by atoms with E-state index in [0.717, 1.165) is 4.57 Å². The summed E-state index contributed by atoms with van der Waals surface area (Å²) < 4.78 is 2.37. The van der Waals surface area contributed by atoms with Gasteiger partial charge >= 0.3 is 40.7 Å². The molecule has 0 aliphatic carbocycles. The number of hydrogen-bond acceptors (Lipinski definition) is 7. The molecule has 172 valence electrons.